The Kier molecular flexibility index (Phi) is 5.61. The van der Waals surface area contributed by atoms with E-state index in [4.69, 9.17) is 15.0 Å². The quantitative estimate of drug-likeness (QED) is 0.250. The predicted molar refractivity (Wildman–Crippen MR) is 66.6 cm³/mol. The van der Waals surface area contributed by atoms with Crippen LogP contribution in [0.5, 0.6) is 0 Å². The normalized spacial score (nSPS) is 20.5. The smallest absolute Gasteiger partial charge is 0.311 e. The van der Waals surface area contributed by atoms with Crippen molar-refractivity contribution in [1.82, 2.24) is 0 Å². The summed E-state index contributed by atoms with van der Waals surface area (Å²) in [6.45, 7) is 1.19. The first-order valence-corrected chi connectivity index (χ1v) is 6.30. The van der Waals surface area contributed by atoms with Crippen LogP contribution >= 0.6 is 0 Å². The number of esters is 1. The summed E-state index contributed by atoms with van der Waals surface area (Å²) in [5.74, 6) is -2.49. The first-order valence-electron chi connectivity index (χ1n) is 6.30. The zero-order chi connectivity index (χ0) is 14.3. The van der Waals surface area contributed by atoms with E-state index in [0.29, 0.717) is 0 Å². The summed E-state index contributed by atoms with van der Waals surface area (Å²) in [6.07, 6.45) is 4.80. The highest BCUT2D eigenvalue weighted by Crippen LogP contribution is 2.35. The summed E-state index contributed by atoms with van der Waals surface area (Å²) in [7, 11) is 1.27. The number of ether oxygens (including phenoxy) is 2. The van der Waals surface area contributed by atoms with Crippen LogP contribution in [0.3, 0.4) is 0 Å². The molecule has 0 N–H and O–H groups in total. The third-order valence-corrected chi connectivity index (χ3v) is 3.42. The van der Waals surface area contributed by atoms with Gasteiger partial charge in [0.05, 0.1) is 0 Å². The molecule has 0 aromatic carbocycles. The molecule has 0 heterocycles. The van der Waals surface area contributed by atoms with E-state index in [9.17, 15) is 10.1 Å². The van der Waals surface area contributed by atoms with Gasteiger partial charge in [-0.05, 0) is 24.3 Å². The number of methoxy groups -OCH3 is 1. The molecular formula is C12H18N4O3. The summed E-state index contributed by atoms with van der Waals surface area (Å²) in [4.78, 5) is 14.0. The predicted octanol–water partition coefficient (Wildman–Crippen LogP) is 2.67. The first kappa shape index (κ1) is 15.3. The fraction of sp³-hybridized carbons (Fsp3) is 0.833. The second-order valence-electron chi connectivity index (χ2n) is 4.62. The monoisotopic (exact) mass is 266 g/mol. The van der Waals surface area contributed by atoms with Crippen molar-refractivity contribution in [2.24, 2.45) is 11.0 Å². The van der Waals surface area contributed by atoms with Crippen molar-refractivity contribution in [3.63, 3.8) is 0 Å². The molecular weight excluding hydrogens is 248 g/mol. The van der Waals surface area contributed by atoms with Crippen molar-refractivity contribution in [2.45, 2.75) is 50.9 Å². The minimum Gasteiger partial charge on any atom is -0.419 e. The van der Waals surface area contributed by atoms with Crippen LogP contribution in [0.1, 0.15) is 39.0 Å². The Hall–Kier alpha value is -1.77. The van der Waals surface area contributed by atoms with Crippen molar-refractivity contribution < 1.29 is 14.3 Å². The number of carbonyl (C=O) groups excluding carboxylic acids is 1. The number of nitriles is 1. The Labute approximate surface area is 112 Å². The molecule has 2 atom stereocenters. The molecule has 0 saturated heterocycles. The van der Waals surface area contributed by atoms with Gasteiger partial charge in [-0.15, -0.1) is 0 Å². The lowest BCUT2D eigenvalue weighted by Crippen LogP contribution is -2.49. The number of azide groups is 1. The Bertz CT molecular complexity index is 408. The highest BCUT2D eigenvalue weighted by molar-refractivity contribution is 5.67. The Morgan fingerprint density at radius 3 is 2.58 bits per heavy atom. The van der Waals surface area contributed by atoms with Crippen LogP contribution in [0.2, 0.25) is 0 Å². The van der Waals surface area contributed by atoms with Gasteiger partial charge < -0.3 is 9.47 Å². The minimum atomic E-state index is -1.83. The number of hydrogen-bond donors (Lipinski definition) is 0. The number of carbonyl (C=O) groups is 1. The maximum atomic E-state index is 11.2. The topological polar surface area (TPSA) is 108 Å². The van der Waals surface area contributed by atoms with Gasteiger partial charge in [0.15, 0.2) is 0 Å². The van der Waals surface area contributed by atoms with Gasteiger partial charge >= 0.3 is 11.8 Å². The Morgan fingerprint density at radius 2 is 2.16 bits per heavy atom. The molecule has 104 valence electrons. The first-order chi connectivity index (χ1) is 9.09. The van der Waals surface area contributed by atoms with Crippen molar-refractivity contribution in [3.05, 3.63) is 10.4 Å². The minimum absolute atomic E-state index is 0.0106. The maximum absolute atomic E-state index is 11.2. The van der Waals surface area contributed by atoms with Crippen molar-refractivity contribution in [3.8, 4) is 6.07 Å². The molecule has 0 aromatic rings. The summed E-state index contributed by atoms with van der Waals surface area (Å²) < 4.78 is 10.1. The summed E-state index contributed by atoms with van der Waals surface area (Å²) in [6, 6.07) is 1.03. The van der Waals surface area contributed by atoms with E-state index >= 15 is 0 Å². The largest absolute Gasteiger partial charge is 0.419 e. The van der Waals surface area contributed by atoms with Crippen molar-refractivity contribution in [1.29, 1.82) is 5.26 Å². The molecule has 1 aliphatic carbocycles. The van der Waals surface area contributed by atoms with E-state index in [0.717, 1.165) is 32.1 Å². The second kappa shape index (κ2) is 6.98. The summed E-state index contributed by atoms with van der Waals surface area (Å²) >= 11 is 0. The van der Waals surface area contributed by atoms with Gasteiger partial charge in [-0.1, -0.05) is 24.4 Å². The Morgan fingerprint density at radius 1 is 1.53 bits per heavy atom. The standard InChI is InChI=1S/C12H18N4O3/c1-9(17)19-12(8-13,18-2)11(15-16-14)10-6-4-3-5-7-10/h10-11H,3-7H2,1-2H3. The molecule has 0 amide bonds. The molecule has 1 rings (SSSR count). The van der Waals surface area contributed by atoms with E-state index in [1.54, 1.807) is 0 Å². The number of nitrogens with zero attached hydrogens (tertiary/aromatic N) is 4. The molecule has 1 saturated carbocycles. The van der Waals surface area contributed by atoms with Crippen LogP contribution < -0.4 is 0 Å². The van der Waals surface area contributed by atoms with Crippen molar-refractivity contribution >= 4 is 5.97 Å². The van der Waals surface area contributed by atoms with Gasteiger partial charge in [0.25, 0.3) is 0 Å². The van der Waals surface area contributed by atoms with E-state index in [2.05, 4.69) is 10.0 Å². The third-order valence-electron chi connectivity index (χ3n) is 3.42. The lowest BCUT2D eigenvalue weighted by molar-refractivity contribution is -0.207. The second-order valence-corrected chi connectivity index (χ2v) is 4.62. The zero-order valence-electron chi connectivity index (χ0n) is 11.2. The highest BCUT2D eigenvalue weighted by Gasteiger charge is 2.47. The van der Waals surface area contributed by atoms with Gasteiger partial charge in [0, 0.05) is 18.9 Å². The molecule has 2 unspecified atom stereocenters. The van der Waals surface area contributed by atoms with Crippen LogP contribution in [-0.2, 0) is 14.3 Å². The SMILES string of the molecule is COC(C#N)(OC(C)=O)C(N=[N+]=[N-])C1CCCCC1. The molecule has 1 fully saturated rings. The van der Waals surface area contributed by atoms with E-state index in [1.165, 1.54) is 14.0 Å². The molecule has 19 heavy (non-hydrogen) atoms. The number of hydrogen-bond acceptors (Lipinski definition) is 5. The molecule has 0 spiro atoms. The van der Waals surface area contributed by atoms with Crippen LogP contribution in [0, 0.1) is 17.2 Å². The average molecular weight is 266 g/mol. The van der Waals surface area contributed by atoms with E-state index in [1.807, 2.05) is 6.07 Å². The molecule has 7 nitrogen and oxygen atoms in total. The molecule has 0 radical (unpaired) electrons. The molecule has 1 aliphatic rings. The lowest BCUT2D eigenvalue weighted by Gasteiger charge is -2.36. The maximum Gasteiger partial charge on any atom is 0.311 e. The van der Waals surface area contributed by atoms with Gasteiger partial charge in [0.2, 0.25) is 0 Å². The van der Waals surface area contributed by atoms with Crippen LogP contribution in [0.4, 0.5) is 0 Å². The van der Waals surface area contributed by atoms with Gasteiger partial charge in [-0.3, -0.25) is 4.79 Å². The van der Waals surface area contributed by atoms with Crippen LogP contribution in [0.15, 0.2) is 5.11 Å². The summed E-state index contributed by atoms with van der Waals surface area (Å²) in [5.41, 5.74) is 8.71. The van der Waals surface area contributed by atoms with E-state index < -0.39 is 17.8 Å². The molecule has 0 aromatic heterocycles. The third kappa shape index (κ3) is 3.60. The summed E-state index contributed by atoms with van der Waals surface area (Å²) in [5, 5.41) is 13.0. The molecule has 0 aliphatic heterocycles. The molecule has 0 bridgehead atoms. The fourth-order valence-electron chi connectivity index (χ4n) is 2.56. The van der Waals surface area contributed by atoms with Gasteiger partial charge in [0.1, 0.15) is 12.1 Å². The Balaban J connectivity index is 3.07. The van der Waals surface area contributed by atoms with Crippen molar-refractivity contribution in [2.75, 3.05) is 7.11 Å². The van der Waals surface area contributed by atoms with Crippen LogP contribution in [-0.4, -0.2) is 24.9 Å². The lowest BCUT2D eigenvalue weighted by atomic mass is 9.81. The number of rotatable bonds is 5. The fourth-order valence-corrected chi connectivity index (χ4v) is 2.56. The highest BCUT2D eigenvalue weighted by atomic mass is 16.7. The van der Waals surface area contributed by atoms with Gasteiger partial charge in [-0.25, -0.2) is 0 Å². The zero-order valence-corrected chi connectivity index (χ0v) is 11.2. The van der Waals surface area contributed by atoms with Crippen LogP contribution in [0.25, 0.3) is 10.4 Å². The molecule has 7 heteroatoms. The van der Waals surface area contributed by atoms with Gasteiger partial charge in [-0.2, -0.15) is 5.26 Å². The average Bonchev–Trinajstić information content (AvgIpc) is 2.43. The van der Waals surface area contributed by atoms with E-state index in [-0.39, 0.29) is 5.92 Å².